The van der Waals surface area contributed by atoms with E-state index in [0.29, 0.717) is 5.91 Å². The second kappa shape index (κ2) is 2.70. The van der Waals surface area contributed by atoms with Gasteiger partial charge >= 0.3 is 0 Å². The summed E-state index contributed by atoms with van der Waals surface area (Å²) in [6.45, 7) is 0.866. The molecule has 1 spiro atoms. The standard InChI is InChI=1S/C8H13NOS/c10-7-8(2-1-3-8)6-11-5-4-9-7/h1-6H2,(H,9,10). The molecule has 2 fully saturated rings. The lowest BCUT2D eigenvalue weighted by Crippen LogP contribution is -2.46. The van der Waals surface area contributed by atoms with E-state index in [1.54, 1.807) is 0 Å². The van der Waals surface area contributed by atoms with Crippen molar-refractivity contribution in [3.05, 3.63) is 0 Å². The van der Waals surface area contributed by atoms with Crippen LogP contribution in [0.2, 0.25) is 0 Å². The van der Waals surface area contributed by atoms with Crippen LogP contribution < -0.4 is 5.32 Å². The molecule has 3 heteroatoms. The van der Waals surface area contributed by atoms with Crippen molar-refractivity contribution in [2.45, 2.75) is 19.3 Å². The highest BCUT2D eigenvalue weighted by Gasteiger charge is 2.44. The second-order valence-corrected chi connectivity index (χ2v) is 4.55. The van der Waals surface area contributed by atoms with Crippen molar-refractivity contribution in [1.82, 2.24) is 5.32 Å². The Hall–Kier alpha value is -0.180. The molecule has 2 rings (SSSR count). The lowest BCUT2D eigenvalue weighted by molar-refractivity contribution is -0.133. The van der Waals surface area contributed by atoms with Gasteiger partial charge in [-0.3, -0.25) is 4.79 Å². The van der Waals surface area contributed by atoms with Gasteiger partial charge in [-0.1, -0.05) is 6.42 Å². The van der Waals surface area contributed by atoms with E-state index in [1.807, 2.05) is 11.8 Å². The first-order chi connectivity index (χ1) is 5.33. The molecule has 1 heterocycles. The molecule has 1 amide bonds. The molecular weight excluding hydrogens is 158 g/mol. The summed E-state index contributed by atoms with van der Waals surface area (Å²) in [5.41, 5.74) is 0.0567. The van der Waals surface area contributed by atoms with Gasteiger partial charge in [0, 0.05) is 18.1 Å². The molecule has 1 aliphatic carbocycles. The van der Waals surface area contributed by atoms with Crippen molar-refractivity contribution < 1.29 is 4.79 Å². The highest BCUT2D eigenvalue weighted by Crippen LogP contribution is 2.44. The molecule has 0 aromatic heterocycles. The van der Waals surface area contributed by atoms with Gasteiger partial charge in [-0.15, -0.1) is 0 Å². The highest BCUT2D eigenvalue weighted by molar-refractivity contribution is 7.99. The van der Waals surface area contributed by atoms with Crippen molar-refractivity contribution >= 4 is 17.7 Å². The van der Waals surface area contributed by atoms with Crippen LogP contribution >= 0.6 is 11.8 Å². The molecule has 1 aliphatic heterocycles. The summed E-state index contributed by atoms with van der Waals surface area (Å²) in [5, 5.41) is 2.98. The number of rotatable bonds is 0. The van der Waals surface area contributed by atoms with Crippen molar-refractivity contribution in [2.24, 2.45) is 5.41 Å². The van der Waals surface area contributed by atoms with Crippen molar-refractivity contribution in [2.75, 3.05) is 18.1 Å². The van der Waals surface area contributed by atoms with E-state index >= 15 is 0 Å². The fraction of sp³-hybridized carbons (Fsp3) is 0.875. The molecule has 0 bridgehead atoms. The molecule has 11 heavy (non-hydrogen) atoms. The van der Waals surface area contributed by atoms with Gasteiger partial charge in [0.05, 0.1) is 5.41 Å². The van der Waals surface area contributed by atoms with Crippen LogP contribution in [0, 0.1) is 5.41 Å². The molecule has 62 valence electrons. The zero-order chi connectivity index (χ0) is 7.73. The van der Waals surface area contributed by atoms with E-state index in [1.165, 1.54) is 6.42 Å². The molecule has 0 atom stereocenters. The molecular formula is C8H13NOS. The molecule has 1 N–H and O–H groups in total. The Kier molecular flexibility index (Phi) is 1.83. The Bertz CT molecular complexity index is 177. The van der Waals surface area contributed by atoms with E-state index < -0.39 is 0 Å². The number of hydrogen-bond donors (Lipinski definition) is 1. The van der Waals surface area contributed by atoms with E-state index in [2.05, 4.69) is 5.32 Å². The summed E-state index contributed by atoms with van der Waals surface area (Å²) in [6, 6.07) is 0. The maximum absolute atomic E-state index is 11.5. The van der Waals surface area contributed by atoms with Crippen LogP contribution in [-0.4, -0.2) is 24.0 Å². The van der Waals surface area contributed by atoms with E-state index in [9.17, 15) is 4.79 Å². The predicted octanol–water partition coefficient (Wildman–Crippen LogP) is 1.02. The molecule has 1 saturated heterocycles. The average Bonchev–Trinajstić information content (AvgIpc) is 2.09. The Balaban J connectivity index is 2.09. The maximum atomic E-state index is 11.5. The molecule has 0 aromatic carbocycles. The summed E-state index contributed by atoms with van der Waals surface area (Å²) in [6.07, 6.45) is 3.48. The maximum Gasteiger partial charge on any atom is 0.227 e. The third-order valence-electron chi connectivity index (χ3n) is 2.70. The Morgan fingerprint density at radius 3 is 2.91 bits per heavy atom. The molecule has 0 radical (unpaired) electrons. The van der Waals surface area contributed by atoms with Crippen LogP contribution in [0.4, 0.5) is 0 Å². The van der Waals surface area contributed by atoms with E-state index in [0.717, 1.165) is 30.9 Å². The number of hydrogen-bond acceptors (Lipinski definition) is 2. The van der Waals surface area contributed by atoms with Gasteiger partial charge in [-0.2, -0.15) is 11.8 Å². The number of amides is 1. The Morgan fingerprint density at radius 1 is 1.45 bits per heavy atom. The normalized spacial score (nSPS) is 28.9. The van der Waals surface area contributed by atoms with Crippen LogP contribution in [0.3, 0.4) is 0 Å². The van der Waals surface area contributed by atoms with Gasteiger partial charge in [0.15, 0.2) is 0 Å². The van der Waals surface area contributed by atoms with E-state index in [4.69, 9.17) is 0 Å². The van der Waals surface area contributed by atoms with Crippen LogP contribution in [0.15, 0.2) is 0 Å². The summed E-state index contributed by atoms with van der Waals surface area (Å²) >= 11 is 1.92. The SMILES string of the molecule is O=C1NCCSCC12CCC2. The van der Waals surface area contributed by atoms with E-state index in [-0.39, 0.29) is 5.41 Å². The number of carbonyl (C=O) groups is 1. The number of carbonyl (C=O) groups excluding carboxylic acids is 1. The fourth-order valence-corrected chi connectivity index (χ4v) is 2.93. The average molecular weight is 171 g/mol. The van der Waals surface area contributed by atoms with Gasteiger partial charge < -0.3 is 5.32 Å². The minimum atomic E-state index is 0.0567. The van der Waals surface area contributed by atoms with Crippen LogP contribution in [0.25, 0.3) is 0 Å². The molecule has 1 saturated carbocycles. The largest absolute Gasteiger partial charge is 0.355 e. The van der Waals surface area contributed by atoms with Gasteiger partial charge in [-0.25, -0.2) is 0 Å². The number of nitrogens with one attached hydrogen (secondary N) is 1. The van der Waals surface area contributed by atoms with Gasteiger partial charge in [0.25, 0.3) is 0 Å². The summed E-state index contributed by atoms with van der Waals surface area (Å²) in [5.74, 6) is 2.46. The van der Waals surface area contributed by atoms with Crippen LogP contribution in [0.1, 0.15) is 19.3 Å². The highest BCUT2D eigenvalue weighted by atomic mass is 32.2. The summed E-state index contributed by atoms with van der Waals surface area (Å²) in [7, 11) is 0. The minimum absolute atomic E-state index is 0.0567. The number of thioether (sulfide) groups is 1. The predicted molar refractivity (Wildman–Crippen MR) is 46.6 cm³/mol. The molecule has 0 aromatic rings. The molecule has 2 aliphatic rings. The zero-order valence-electron chi connectivity index (χ0n) is 6.56. The third-order valence-corrected chi connectivity index (χ3v) is 3.95. The van der Waals surface area contributed by atoms with Crippen LogP contribution in [0.5, 0.6) is 0 Å². The zero-order valence-corrected chi connectivity index (χ0v) is 7.38. The van der Waals surface area contributed by atoms with Gasteiger partial charge in [0.1, 0.15) is 0 Å². The first-order valence-corrected chi connectivity index (χ1v) is 5.35. The Labute approximate surface area is 71.1 Å². The molecule has 0 unspecified atom stereocenters. The van der Waals surface area contributed by atoms with Crippen molar-refractivity contribution in [1.29, 1.82) is 0 Å². The molecule has 2 nitrogen and oxygen atoms in total. The first kappa shape index (κ1) is 7.47. The van der Waals surface area contributed by atoms with Crippen molar-refractivity contribution in [3.63, 3.8) is 0 Å². The quantitative estimate of drug-likeness (QED) is 0.589. The topological polar surface area (TPSA) is 29.1 Å². The lowest BCUT2D eigenvalue weighted by atomic mass is 9.69. The summed E-state index contributed by atoms with van der Waals surface area (Å²) < 4.78 is 0. The fourth-order valence-electron chi connectivity index (χ4n) is 1.73. The smallest absolute Gasteiger partial charge is 0.227 e. The van der Waals surface area contributed by atoms with Gasteiger partial charge in [-0.05, 0) is 12.8 Å². The van der Waals surface area contributed by atoms with Crippen LogP contribution in [-0.2, 0) is 4.79 Å². The second-order valence-electron chi connectivity index (χ2n) is 3.44. The monoisotopic (exact) mass is 171 g/mol. The van der Waals surface area contributed by atoms with Crippen molar-refractivity contribution in [3.8, 4) is 0 Å². The minimum Gasteiger partial charge on any atom is -0.355 e. The Morgan fingerprint density at radius 2 is 2.27 bits per heavy atom. The summed E-state index contributed by atoms with van der Waals surface area (Å²) in [4.78, 5) is 11.5. The first-order valence-electron chi connectivity index (χ1n) is 4.20. The lowest BCUT2D eigenvalue weighted by Gasteiger charge is -2.38. The third kappa shape index (κ3) is 1.15. The van der Waals surface area contributed by atoms with Gasteiger partial charge in [0.2, 0.25) is 5.91 Å².